The van der Waals surface area contributed by atoms with Crippen molar-refractivity contribution < 1.29 is 45.3 Å². The number of nitrogens with zero attached hydrogens (tertiary/aromatic N) is 5. The third-order valence-electron chi connectivity index (χ3n) is 9.64. The van der Waals surface area contributed by atoms with Crippen molar-refractivity contribution in [1.29, 1.82) is 5.26 Å². The molecule has 0 radical (unpaired) electrons. The van der Waals surface area contributed by atoms with Crippen LogP contribution in [-0.2, 0) is 15.7 Å². The van der Waals surface area contributed by atoms with Gasteiger partial charge >= 0.3 is 18.3 Å². The van der Waals surface area contributed by atoms with Crippen molar-refractivity contribution in [3.8, 4) is 23.2 Å². The average molecular weight is 810 g/mol. The molecule has 0 spiro atoms. The summed E-state index contributed by atoms with van der Waals surface area (Å²) in [7, 11) is 1.23. The molecule has 1 amide bonds. The fraction of sp³-hybridized carbons (Fsp3) is 0.526. The number of aromatic nitrogens is 2. The molecule has 4 saturated heterocycles. The Morgan fingerprint density at radius 3 is 2.45 bits per heavy atom. The second-order valence-electron chi connectivity index (χ2n) is 13.2. The number of hydrogen-bond acceptors (Lipinski definition) is 11. The number of fused-ring (bicyclic) bond motifs is 3. The molecule has 4 aromatic rings. The van der Waals surface area contributed by atoms with E-state index in [1.165, 1.54) is 20.0 Å². The molecule has 4 fully saturated rings. The predicted octanol–water partition coefficient (Wildman–Crippen LogP) is 8.54. The van der Waals surface area contributed by atoms with Crippen molar-refractivity contribution >= 4 is 49.2 Å². The van der Waals surface area contributed by atoms with Gasteiger partial charge in [-0.05, 0) is 63.3 Å². The minimum atomic E-state index is -5.00. The normalized spacial score (nSPS) is 19.1. The van der Waals surface area contributed by atoms with E-state index in [9.17, 15) is 32.0 Å². The molecule has 0 aliphatic carbocycles. The first-order valence-electron chi connectivity index (χ1n) is 18.6. The van der Waals surface area contributed by atoms with Crippen molar-refractivity contribution in [2.75, 3.05) is 64.1 Å². The van der Waals surface area contributed by atoms with Crippen molar-refractivity contribution in [2.45, 2.75) is 77.4 Å². The van der Waals surface area contributed by atoms with E-state index >= 15 is 4.39 Å². The largest absolute Gasteiger partial charge is 0.467 e. The van der Waals surface area contributed by atoms with E-state index in [2.05, 4.69) is 20.2 Å². The molecule has 0 saturated carbocycles. The highest BCUT2D eigenvalue weighted by Crippen LogP contribution is 2.47. The van der Waals surface area contributed by atoms with Crippen LogP contribution in [0.5, 0.6) is 6.01 Å². The van der Waals surface area contributed by atoms with E-state index in [1.54, 1.807) is 17.9 Å². The Kier molecular flexibility index (Phi) is 14.1. The Labute approximate surface area is 324 Å². The lowest BCUT2D eigenvalue weighted by molar-refractivity contribution is -0.137. The average Bonchev–Trinajstić information content (AvgIpc) is 3.97. The number of thiophene rings is 1. The summed E-state index contributed by atoms with van der Waals surface area (Å²) in [4.78, 5) is 23.2. The number of rotatable bonds is 5. The number of halogens is 6. The maximum absolute atomic E-state index is 15.9. The summed E-state index contributed by atoms with van der Waals surface area (Å²) in [6, 6.07) is 4.75. The molecular weight excluding hydrogens is 765 g/mol. The van der Waals surface area contributed by atoms with E-state index < -0.39 is 40.6 Å². The Morgan fingerprint density at radius 1 is 1.14 bits per heavy atom. The molecule has 11 nitrogen and oxygen atoms in total. The molecule has 4 aliphatic rings. The van der Waals surface area contributed by atoms with E-state index in [0.29, 0.717) is 37.1 Å². The second kappa shape index (κ2) is 18.6. The lowest BCUT2D eigenvalue weighted by atomic mass is 9.92. The minimum absolute atomic E-state index is 0.0121. The summed E-state index contributed by atoms with van der Waals surface area (Å²) in [6.45, 7) is 10.7. The molecule has 56 heavy (non-hydrogen) atoms. The topological polar surface area (TPSA) is 139 Å². The van der Waals surface area contributed by atoms with Gasteiger partial charge in [0.25, 0.3) is 0 Å². The third-order valence-corrected chi connectivity index (χ3v) is 10.7. The van der Waals surface area contributed by atoms with E-state index in [4.69, 9.17) is 19.9 Å². The zero-order valence-electron chi connectivity index (χ0n) is 31.6. The van der Waals surface area contributed by atoms with Crippen LogP contribution in [0.3, 0.4) is 0 Å². The number of benzene rings is 2. The van der Waals surface area contributed by atoms with Gasteiger partial charge in [-0.15, -0.1) is 11.3 Å². The Hall–Kier alpha value is -4.60. The Bertz CT molecular complexity index is 2040. The summed E-state index contributed by atoms with van der Waals surface area (Å²) >= 11 is 0.698. The summed E-state index contributed by atoms with van der Waals surface area (Å²) < 4.78 is 100. The highest BCUT2D eigenvalue weighted by Gasteiger charge is 2.38. The fourth-order valence-electron chi connectivity index (χ4n) is 7.02. The molecule has 2 atom stereocenters. The molecule has 8 rings (SSSR count). The fourth-order valence-corrected chi connectivity index (χ4v) is 7.97. The van der Waals surface area contributed by atoms with E-state index in [1.807, 2.05) is 13.8 Å². The van der Waals surface area contributed by atoms with Crippen LogP contribution in [0.2, 0.25) is 0 Å². The monoisotopic (exact) mass is 809 g/mol. The van der Waals surface area contributed by atoms with Gasteiger partial charge in [0, 0.05) is 48.6 Å². The SMILES string of the molecule is CC.CCNc1nc(OC)nc2c(F)c(-c3ccc(F)c4sc(N)c(C#N)c34)c(C(F)(F)F)cc12.FC1CC2CCCN2C1.O=C(OC1COC1)N1CCCC1. The number of nitriles is 1. The number of nitrogens with one attached hydrogen (secondary N) is 1. The summed E-state index contributed by atoms with van der Waals surface area (Å²) in [6.07, 6.45) is -0.123. The highest BCUT2D eigenvalue weighted by atomic mass is 32.1. The lowest BCUT2D eigenvalue weighted by Crippen LogP contribution is -2.41. The molecular formula is C38H45F6N7O4S. The first kappa shape index (κ1) is 42.5. The second-order valence-corrected chi connectivity index (χ2v) is 14.3. The van der Waals surface area contributed by atoms with E-state index in [0.717, 1.165) is 57.1 Å². The highest BCUT2D eigenvalue weighted by molar-refractivity contribution is 7.23. The van der Waals surface area contributed by atoms with Crippen molar-refractivity contribution in [3.63, 3.8) is 0 Å². The molecule has 3 N–H and O–H groups in total. The maximum Gasteiger partial charge on any atom is 0.417 e. The number of anilines is 2. The zero-order chi connectivity index (χ0) is 40.7. The number of carbonyl (C=O) groups excluding carboxylic acids is 1. The Balaban J connectivity index is 0.000000209. The van der Waals surface area contributed by atoms with Crippen molar-refractivity contribution in [2.24, 2.45) is 0 Å². The first-order valence-corrected chi connectivity index (χ1v) is 19.4. The van der Waals surface area contributed by atoms with Crippen LogP contribution in [0, 0.1) is 23.0 Å². The van der Waals surface area contributed by atoms with Crippen LogP contribution in [0.15, 0.2) is 18.2 Å². The molecule has 18 heteroatoms. The van der Waals surface area contributed by atoms with Gasteiger partial charge in [-0.1, -0.05) is 19.9 Å². The van der Waals surface area contributed by atoms with E-state index in [-0.39, 0.29) is 62.2 Å². The number of likely N-dealkylation sites (tertiary alicyclic amines) is 1. The molecule has 304 valence electrons. The number of nitrogens with two attached hydrogens (primary N) is 1. The lowest BCUT2D eigenvalue weighted by Gasteiger charge is -2.27. The number of ether oxygens (including phenoxy) is 3. The standard InChI is InChI=1S/C21H14F5N5OS.C8H13NO3.C7H12FN.C2H6/c1-3-29-19-9-6-11(21(24,25)26)14(15(23)16(9)30-20(31-19)32-2)8-4-5-12(22)17-13(8)10(7-27)18(28)33-17;10-8(9-3-1-2-4-9)12-7-5-11-6-7;8-6-4-7-2-1-3-9(7)5-6;1-2/h4-6H,3,28H2,1-2H3,(H,29,30,31);7H,1-6H2;6-7H,1-5H2;1-2H3. The maximum atomic E-state index is 15.9. The number of hydrogen-bond donors (Lipinski definition) is 2. The minimum Gasteiger partial charge on any atom is -0.467 e. The van der Waals surface area contributed by atoms with Gasteiger partial charge in [0.1, 0.15) is 34.4 Å². The first-order chi connectivity index (χ1) is 26.8. The van der Waals surface area contributed by atoms with Gasteiger partial charge in [0.2, 0.25) is 0 Å². The van der Waals surface area contributed by atoms with Crippen LogP contribution in [0.25, 0.3) is 32.1 Å². The van der Waals surface area contributed by atoms with Crippen LogP contribution < -0.4 is 15.8 Å². The van der Waals surface area contributed by atoms with Gasteiger partial charge < -0.3 is 30.2 Å². The molecule has 0 bridgehead atoms. The molecule has 2 aromatic carbocycles. The number of alkyl halides is 4. The van der Waals surface area contributed by atoms with Crippen molar-refractivity contribution in [3.05, 3.63) is 41.0 Å². The van der Waals surface area contributed by atoms with Gasteiger partial charge in [-0.25, -0.2) is 18.0 Å². The summed E-state index contributed by atoms with van der Waals surface area (Å²) in [5, 5.41) is 11.8. The predicted molar refractivity (Wildman–Crippen MR) is 202 cm³/mol. The van der Waals surface area contributed by atoms with Gasteiger partial charge in [-0.3, -0.25) is 4.90 Å². The van der Waals surface area contributed by atoms with Gasteiger partial charge in [-0.2, -0.15) is 28.4 Å². The summed E-state index contributed by atoms with van der Waals surface area (Å²) in [5.74, 6) is -2.15. The molecule has 4 aliphatic heterocycles. The number of methoxy groups -OCH3 is 1. The van der Waals surface area contributed by atoms with Gasteiger partial charge in [0.05, 0.1) is 36.2 Å². The van der Waals surface area contributed by atoms with Crippen LogP contribution in [0.1, 0.15) is 64.0 Å². The van der Waals surface area contributed by atoms with Crippen LogP contribution in [-0.4, -0.2) is 97.2 Å². The van der Waals surface area contributed by atoms with Crippen LogP contribution in [0.4, 0.5) is 42.0 Å². The quantitative estimate of drug-likeness (QED) is 0.189. The summed E-state index contributed by atoms with van der Waals surface area (Å²) in [5.41, 5.74) is 2.59. The molecule has 2 unspecified atom stereocenters. The number of carbonyl (C=O) groups is 1. The number of amides is 1. The zero-order valence-corrected chi connectivity index (χ0v) is 32.4. The third kappa shape index (κ3) is 9.16. The smallest absolute Gasteiger partial charge is 0.417 e. The van der Waals surface area contributed by atoms with Crippen molar-refractivity contribution in [1.82, 2.24) is 19.8 Å². The molecule has 6 heterocycles. The number of nitrogen functional groups attached to an aromatic ring is 1. The van der Waals surface area contributed by atoms with Gasteiger partial charge in [0.15, 0.2) is 11.9 Å². The molecule has 2 aromatic heterocycles. The van der Waals surface area contributed by atoms with Crippen LogP contribution >= 0.6 is 11.3 Å². The Morgan fingerprint density at radius 2 is 1.86 bits per heavy atom.